The van der Waals surface area contributed by atoms with Crippen molar-refractivity contribution in [1.29, 1.82) is 0 Å². The van der Waals surface area contributed by atoms with Crippen LogP contribution in [0.5, 0.6) is 0 Å². The molecule has 0 unspecified atom stereocenters. The molecule has 0 radical (unpaired) electrons. The molecule has 1 N–H and O–H groups in total. The van der Waals surface area contributed by atoms with Gasteiger partial charge >= 0.3 is 0 Å². The number of halogens is 1. The molecule has 128 valence electrons. The Morgan fingerprint density at radius 2 is 1.88 bits per heavy atom. The number of hydrogen-bond acceptors (Lipinski definition) is 3. The van der Waals surface area contributed by atoms with Gasteiger partial charge in [0, 0.05) is 16.2 Å². The van der Waals surface area contributed by atoms with Gasteiger partial charge in [-0.1, -0.05) is 53.7 Å². The van der Waals surface area contributed by atoms with Gasteiger partial charge in [-0.05, 0) is 31.2 Å². The second-order valence-corrected chi connectivity index (χ2v) is 7.03. The second kappa shape index (κ2) is 8.23. The van der Waals surface area contributed by atoms with Crippen LogP contribution in [0.15, 0.2) is 70.6 Å². The number of nitrogens with zero attached hydrogens (tertiary/aromatic N) is 2. The summed E-state index contributed by atoms with van der Waals surface area (Å²) in [4.78, 5) is 14.5. The minimum absolute atomic E-state index is 0.0489. The quantitative estimate of drug-likeness (QED) is 0.661. The predicted octanol–water partition coefficient (Wildman–Crippen LogP) is 5.02. The number of carbonyl (C=O) groups is 1. The Morgan fingerprint density at radius 3 is 2.60 bits per heavy atom. The number of carbonyl (C=O) groups excluding carboxylic acids is 1. The smallest absolute Gasteiger partial charge is 0.226 e. The van der Waals surface area contributed by atoms with Crippen molar-refractivity contribution >= 4 is 35.0 Å². The third-order valence-corrected chi connectivity index (χ3v) is 5.18. The lowest BCUT2D eigenvalue weighted by Gasteiger charge is -2.11. The predicted molar refractivity (Wildman–Crippen MR) is 102 cm³/mol. The lowest BCUT2D eigenvalue weighted by molar-refractivity contribution is -0.116. The van der Waals surface area contributed by atoms with Crippen LogP contribution in [0, 0.1) is 6.92 Å². The van der Waals surface area contributed by atoms with E-state index in [9.17, 15) is 4.79 Å². The Kier molecular flexibility index (Phi) is 5.79. The van der Waals surface area contributed by atoms with E-state index in [1.807, 2.05) is 61.5 Å². The minimum atomic E-state index is -0.0489. The molecule has 2 aromatic carbocycles. The summed E-state index contributed by atoms with van der Waals surface area (Å²) in [5.41, 5.74) is 1.69. The third-order valence-electron chi connectivity index (χ3n) is 3.73. The second-order valence-electron chi connectivity index (χ2n) is 5.51. The number of para-hydroxylation sites is 1. The van der Waals surface area contributed by atoms with Crippen LogP contribution in [-0.4, -0.2) is 15.7 Å². The molecule has 3 rings (SSSR count). The van der Waals surface area contributed by atoms with Crippen LogP contribution in [0.25, 0.3) is 0 Å². The van der Waals surface area contributed by atoms with Gasteiger partial charge in [0.1, 0.15) is 0 Å². The number of hydrogen-bond donors (Lipinski definition) is 1. The number of aromatic nitrogens is 2. The summed E-state index contributed by atoms with van der Waals surface area (Å²) in [5.74, 6) is -0.0489. The molecule has 0 bridgehead atoms. The summed E-state index contributed by atoms with van der Waals surface area (Å²) in [6.45, 7) is 2.39. The molecule has 1 aromatic heterocycles. The van der Waals surface area contributed by atoms with Gasteiger partial charge < -0.3 is 5.32 Å². The first-order valence-corrected chi connectivity index (χ1v) is 9.12. The highest BCUT2D eigenvalue weighted by molar-refractivity contribution is 7.99. The van der Waals surface area contributed by atoms with Crippen molar-refractivity contribution in [2.45, 2.75) is 29.7 Å². The fraction of sp³-hybridized carbons (Fsp3) is 0.158. The van der Waals surface area contributed by atoms with Gasteiger partial charge in [-0.2, -0.15) is 5.10 Å². The van der Waals surface area contributed by atoms with Crippen LogP contribution < -0.4 is 5.32 Å². The molecule has 0 aliphatic rings. The standard InChI is InChI=1S/C19H18ClN3OS/c1-14-16(20)13-21-23(14)12-11-19(24)22-17-9-5-6-10-18(17)25-15-7-3-2-4-8-15/h2-10,13H,11-12H2,1H3,(H,22,24). The van der Waals surface area contributed by atoms with E-state index in [1.165, 1.54) is 0 Å². The fourth-order valence-electron chi connectivity index (χ4n) is 2.34. The van der Waals surface area contributed by atoms with Gasteiger partial charge in [0.05, 0.1) is 29.1 Å². The van der Waals surface area contributed by atoms with E-state index in [0.717, 1.165) is 21.2 Å². The molecule has 0 fully saturated rings. The van der Waals surface area contributed by atoms with Crippen molar-refractivity contribution in [3.63, 3.8) is 0 Å². The Bertz CT molecular complexity index is 864. The average Bonchev–Trinajstić information content (AvgIpc) is 2.94. The third kappa shape index (κ3) is 4.65. The highest BCUT2D eigenvalue weighted by atomic mass is 35.5. The van der Waals surface area contributed by atoms with Gasteiger partial charge in [-0.3, -0.25) is 9.48 Å². The first-order valence-electron chi connectivity index (χ1n) is 7.93. The summed E-state index contributed by atoms with van der Waals surface area (Å²) in [7, 11) is 0. The number of aryl methyl sites for hydroxylation is 1. The van der Waals surface area contributed by atoms with Gasteiger partial charge in [0.2, 0.25) is 5.91 Å². The average molecular weight is 372 g/mol. The summed E-state index contributed by atoms with van der Waals surface area (Å²) < 4.78 is 1.74. The molecular formula is C19H18ClN3OS. The molecule has 0 spiro atoms. The zero-order valence-electron chi connectivity index (χ0n) is 13.8. The van der Waals surface area contributed by atoms with Crippen molar-refractivity contribution in [3.8, 4) is 0 Å². The number of amides is 1. The van der Waals surface area contributed by atoms with Crippen LogP contribution in [-0.2, 0) is 11.3 Å². The molecule has 0 atom stereocenters. The molecule has 0 aliphatic carbocycles. The summed E-state index contributed by atoms with van der Waals surface area (Å²) in [5, 5.41) is 7.78. The summed E-state index contributed by atoms with van der Waals surface area (Å²) >= 11 is 7.61. The van der Waals surface area contributed by atoms with Crippen molar-refractivity contribution in [3.05, 3.63) is 71.5 Å². The van der Waals surface area contributed by atoms with Crippen LogP contribution in [0.2, 0.25) is 5.02 Å². The topological polar surface area (TPSA) is 46.9 Å². The van der Waals surface area contributed by atoms with E-state index >= 15 is 0 Å². The van der Waals surface area contributed by atoms with E-state index < -0.39 is 0 Å². The molecule has 0 aliphatic heterocycles. The normalized spacial score (nSPS) is 10.6. The SMILES string of the molecule is Cc1c(Cl)cnn1CCC(=O)Nc1ccccc1Sc1ccccc1. The molecule has 4 nitrogen and oxygen atoms in total. The van der Waals surface area contributed by atoms with E-state index in [2.05, 4.69) is 10.4 Å². The van der Waals surface area contributed by atoms with Gasteiger partial charge in [0.15, 0.2) is 0 Å². The van der Waals surface area contributed by atoms with E-state index in [1.54, 1.807) is 22.6 Å². The molecule has 1 heterocycles. The maximum atomic E-state index is 12.3. The summed E-state index contributed by atoms with van der Waals surface area (Å²) in [6.07, 6.45) is 1.93. The molecular weight excluding hydrogens is 354 g/mol. The first kappa shape index (κ1) is 17.6. The van der Waals surface area contributed by atoms with Crippen LogP contribution in [0.3, 0.4) is 0 Å². The van der Waals surface area contributed by atoms with Crippen molar-refractivity contribution in [2.75, 3.05) is 5.32 Å². The van der Waals surface area contributed by atoms with Crippen molar-refractivity contribution in [1.82, 2.24) is 9.78 Å². The highest BCUT2D eigenvalue weighted by Crippen LogP contribution is 2.33. The molecule has 0 saturated heterocycles. The monoisotopic (exact) mass is 371 g/mol. The zero-order chi connectivity index (χ0) is 17.6. The summed E-state index contributed by atoms with van der Waals surface area (Å²) in [6, 6.07) is 17.9. The lowest BCUT2D eigenvalue weighted by Crippen LogP contribution is -2.16. The molecule has 3 aromatic rings. The van der Waals surface area contributed by atoms with E-state index in [0.29, 0.717) is 18.0 Å². The van der Waals surface area contributed by atoms with Crippen molar-refractivity contribution < 1.29 is 4.79 Å². The molecule has 1 amide bonds. The molecule has 0 saturated carbocycles. The lowest BCUT2D eigenvalue weighted by atomic mass is 10.3. The van der Waals surface area contributed by atoms with E-state index in [-0.39, 0.29) is 5.91 Å². The van der Waals surface area contributed by atoms with E-state index in [4.69, 9.17) is 11.6 Å². The van der Waals surface area contributed by atoms with Gasteiger partial charge in [0.25, 0.3) is 0 Å². The maximum Gasteiger partial charge on any atom is 0.226 e. The van der Waals surface area contributed by atoms with Gasteiger partial charge in [-0.15, -0.1) is 0 Å². The molecule has 6 heteroatoms. The number of anilines is 1. The number of benzene rings is 2. The van der Waals surface area contributed by atoms with Crippen LogP contribution >= 0.6 is 23.4 Å². The Balaban J connectivity index is 1.64. The first-order chi connectivity index (χ1) is 12.1. The highest BCUT2D eigenvalue weighted by Gasteiger charge is 2.10. The van der Waals surface area contributed by atoms with Crippen molar-refractivity contribution in [2.24, 2.45) is 0 Å². The zero-order valence-corrected chi connectivity index (χ0v) is 15.3. The minimum Gasteiger partial charge on any atom is -0.325 e. The maximum absolute atomic E-state index is 12.3. The van der Waals surface area contributed by atoms with Gasteiger partial charge in [-0.25, -0.2) is 0 Å². The Morgan fingerprint density at radius 1 is 1.16 bits per heavy atom. The Labute approximate surface area is 156 Å². The number of rotatable bonds is 6. The van der Waals surface area contributed by atoms with Crippen LogP contribution in [0.4, 0.5) is 5.69 Å². The largest absolute Gasteiger partial charge is 0.325 e. The fourth-order valence-corrected chi connectivity index (χ4v) is 3.41. The number of nitrogens with one attached hydrogen (secondary N) is 1. The van der Waals surface area contributed by atoms with Crippen LogP contribution in [0.1, 0.15) is 12.1 Å². The molecule has 25 heavy (non-hydrogen) atoms. The Hall–Kier alpha value is -2.24.